The van der Waals surface area contributed by atoms with Gasteiger partial charge in [-0.15, -0.1) is 0 Å². The molecule has 62 heavy (non-hydrogen) atoms. The van der Waals surface area contributed by atoms with Crippen LogP contribution >= 0.6 is 0 Å². The van der Waals surface area contributed by atoms with Gasteiger partial charge in [-0.3, -0.25) is 28.8 Å². The van der Waals surface area contributed by atoms with Crippen molar-refractivity contribution in [3.05, 3.63) is 0 Å². The summed E-state index contributed by atoms with van der Waals surface area (Å²) in [5, 5.41) is 61.3. The maximum atomic E-state index is 10.6. The summed E-state index contributed by atoms with van der Waals surface area (Å²) >= 11 is 0. The second-order valence-electron chi connectivity index (χ2n) is 14.8. The first-order valence-electron chi connectivity index (χ1n) is 19.4. The van der Waals surface area contributed by atoms with Crippen LogP contribution in [0.15, 0.2) is 0 Å². The Morgan fingerprint density at radius 3 is 0.468 bits per heavy atom. The summed E-state index contributed by atoms with van der Waals surface area (Å²) in [7, 11) is 0. The normalized spacial score (nSPS) is 12.5. The van der Waals surface area contributed by atoms with Gasteiger partial charge in [0.1, 0.15) is 34.7 Å². The zero-order valence-corrected chi connectivity index (χ0v) is 41.3. The smallest absolute Gasteiger partial charge is 0.549 e. The summed E-state index contributed by atoms with van der Waals surface area (Å²) in [5.74, 6) is -15.6. The van der Waals surface area contributed by atoms with E-state index in [9.17, 15) is 88.2 Å². The molecule has 0 aromatic rings. The van der Waals surface area contributed by atoms with Crippen molar-refractivity contribution in [2.45, 2.75) is 142 Å². The van der Waals surface area contributed by atoms with Crippen molar-refractivity contribution in [3.63, 3.8) is 0 Å². The monoisotopic (exact) mass is 912 g/mol. The van der Waals surface area contributed by atoms with Gasteiger partial charge in [0, 0.05) is 0 Å². The maximum Gasteiger partial charge on any atom is 3.00 e. The number of carbonyl (C=O) groups is 12. The number of ketones is 6. The Morgan fingerprint density at radius 2 is 0.452 bits per heavy atom. The number of hydrogen-bond donors (Lipinski definition) is 0. The van der Waals surface area contributed by atoms with Crippen LogP contribution in [0, 0.1) is 53.3 Å². The van der Waals surface area contributed by atoms with Gasteiger partial charge in [0.2, 0.25) is 0 Å². The number of carboxylic acid groups (broad SMARTS) is 6. The van der Waals surface area contributed by atoms with E-state index in [1.807, 2.05) is 20.8 Å². The fourth-order valence-corrected chi connectivity index (χ4v) is 5.05. The molecule has 0 aromatic heterocycles. The molecule has 0 rings (SSSR count). The molecule has 0 bridgehead atoms. The summed E-state index contributed by atoms with van der Waals surface area (Å²) in [5.41, 5.74) is 0. The minimum Gasteiger partial charge on any atom is -0.549 e. The minimum atomic E-state index is -1.28. The van der Waals surface area contributed by atoms with Crippen molar-refractivity contribution in [2.24, 2.45) is 53.3 Å². The van der Waals surface area contributed by atoms with Crippen molar-refractivity contribution < 1.29 is 88.2 Å². The first kappa shape index (κ1) is 75.3. The van der Waals surface area contributed by atoms with Gasteiger partial charge in [-0.1, -0.05) is 81.6 Å². The molecule has 0 aliphatic heterocycles. The standard InChI is InChI=1S/6C7H12O3.2Al/c3*1-4(2)6(5(3)8)7(9)10;3*1-3-4-6(5(2)8)7(9)10;;/h3*4,6H,1-3H3,(H,9,10);3*6H,3-4H2,1-2H3,(H,9,10);;/q;;;;;;2*+3/p-6. The van der Waals surface area contributed by atoms with Crippen LogP contribution in [0.25, 0.3) is 0 Å². The Hall–Kier alpha value is -4.10. The van der Waals surface area contributed by atoms with Crippen LogP contribution in [-0.4, -0.2) is 105 Å². The zero-order chi connectivity index (χ0) is 49.4. The van der Waals surface area contributed by atoms with Gasteiger partial charge in [0.25, 0.3) is 0 Å². The summed E-state index contributed by atoms with van der Waals surface area (Å²) in [6.07, 6.45) is 3.24. The average molecular weight is 913 g/mol. The fraction of sp³-hybridized carbons (Fsp3) is 0.714. The van der Waals surface area contributed by atoms with Crippen LogP contribution in [0.5, 0.6) is 0 Å². The van der Waals surface area contributed by atoms with Crippen LogP contribution in [0.1, 0.15) is 142 Å². The average Bonchev–Trinajstić information content (AvgIpc) is 3.03. The summed E-state index contributed by atoms with van der Waals surface area (Å²) in [4.78, 5) is 125. The van der Waals surface area contributed by atoms with Crippen molar-refractivity contribution in [2.75, 3.05) is 0 Å². The van der Waals surface area contributed by atoms with Gasteiger partial charge in [-0.05, 0) is 78.6 Å². The molecular formula is C42H66Al2O18. The van der Waals surface area contributed by atoms with Crippen LogP contribution in [0.4, 0.5) is 0 Å². The zero-order valence-electron chi connectivity index (χ0n) is 38.9. The summed E-state index contributed by atoms with van der Waals surface area (Å²) < 4.78 is 0. The molecule has 18 nitrogen and oxygen atoms in total. The van der Waals surface area contributed by atoms with E-state index in [1.165, 1.54) is 41.5 Å². The van der Waals surface area contributed by atoms with Crippen LogP contribution in [-0.2, 0) is 57.5 Å². The molecule has 0 radical (unpaired) electrons. The van der Waals surface area contributed by atoms with Crippen molar-refractivity contribution in [3.8, 4) is 0 Å². The predicted octanol–water partition coefficient (Wildman–Crippen LogP) is -2.74. The van der Waals surface area contributed by atoms with E-state index in [-0.39, 0.29) is 87.2 Å². The van der Waals surface area contributed by atoms with E-state index >= 15 is 0 Å². The SMILES string of the molecule is CC(=O)C(C(=O)[O-])C(C)C.CC(=O)C(C(=O)[O-])C(C)C.CC(=O)C(C(=O)[O-])C(C)C.CCCC(C(C)=O)C(=O)[O-].CCCC(C(C)=O)C(=O)[O-].CCCC(C(C)=O)C(=O)[O-].[Al+3].[Al+3]. The van der Waals surface area contributed by atoms with Gasteiger partial charge < -0.3 is 59.4 Å². The van der Waals surface area contributed by atoms with Gasteiger partial charge in [-0.2, -0.15) is 0 Å². The van der Waals surface area contributed by atoms with Gasteiger partial charge >= 0.3 is 34.7 Å². The Morgan fingerprint density at radius 1 is 0.306 bits per heavy atom. The number of Topliss-reactive ketones (excluding diaryl/α,β-unsaturated/α-hetero) is 6. The first-order chi connectivity index (χ1) is 27.2. The molecule has 0 saturated carbocycles. The molecule has 0 aliphatic rings. The van der Waals surface area contributed by atoms with Crippen LogP contribution in [0.2, 0.25) is 0 Å². The molecule has 0 spiro atoms. The van der Waals surface area contributed by atoms with E-state index in [4.69, 9.17) is 0 Å². The third kappa shape index (κ3) is 40.0. The topological polar surface area (TPSA) is 343 Å². The Kier molecular flexibility index (Phi) is 51.3. The quantitative estimate of drug-likeness (QED) is 0.0832. The molecule has 0 amide bonds. The van der Waals surface area contributed by atoms with Gasteiger partial charge in [0.05, 0.1) is 71.3 Å². The van der Waals surface area contributed by atoms with Crippen molar-refractivity contribution >= 4 is 105 Å². The second kappa shape index (κ2) is 42.2. The third-order valence-corrected chi connectivity index (χ3v) is 8.13. The maximum absolute atomic E-state index is 10.6. The number of carboxylic acids is 6. The van der Waals surface area contributed by atoms with E-state index < -0.39 is 71.3 Å². The Labute approximate surface area is 387 Å². The third-order valence-electron chi connectivity index (χ3n) is 8.13. The predicted molar refractivity (Wildman–Crippen MR) is 216 cm³/mol. The molecule has 0 heterocycles. The Balaban J connectivity index is -0.0000000935. The summed E-state index contributed by atoms with van der Waals surface area (Å²) in [6.45, 7) is 23.2. The number of aliphatic carboxylic acids is 6. The van der Waals surface area contributed by atoms with E-state index in [2.05, 4.69) is 0 Å². The van der Waals surface area contributed by atoms with E-state index in [1.54, 1.807) is 41.5 Å². The first-order valence-corrected chi connectivity index (χ1v) is 19.4. The van der Waals surface area contributed by atoms with Gasteiger partial charge in [0.15, 0.2) is 0 Å². The molecule has 0 saturated heterocycles. The molecule has 20 heteroatoms. The van der Waals surface area contributed by atoms with Gasteiger partial charge in [-0.25, -0.2) is 0 Å². The Bertz CT molecular complexity index is 1170. The number of hydrogen-bond acceptors (Lipinski definition) is 18. The number of carbonyl (C=O) groups excluding carboxylic acids is 12. The minimum absolute atomic E-state index is 0. The molecule has 348 valence electrons. The fourth-order valence-electron chi connectivity index (χ4n) is 5.05. The van der Waals surface area contributed by atoms with Crippen molar-refractivity contribution in [1.29, 1.82) is 0 Å². The number of rotatable bonds is 21. The second-order valence-corrected chi connectivity index (χ2v) is 14.8. The molecular weight excluding hydrogens is 846 g/mol. The molecule has 0 aromatic carbocycles. The molecule has 6 atom stereocenters. The van der Waals surface area contributed by atoms with E-state index in [0.717, 1.165) is 0 Å². The van der Waals surface area contributed by atoms with Crippen LogP contribution in [0.3, 0.4) is 0 Å². The summed E-state index contributed by atoms with van der Waals surface area (Å²) in [6, 6.07) is 0. The van der Waals surface area contributed by atoms with Crippen LogP contribution < -0.4 is 30.6 Å². The largest absolute Gasteiger partial charge is 3.00 e. The van der Waals surface area contributed by atoms with Crippen molar-refractivity contribution in [1.82, 2.24) is 0 Å². The van der Waals surface area contributed by atoms with E-state index in [0.29, 0.717) is 38.5 Å². The molecule has 0 N–H and O–H groups in total. The molecule has 0 fully saturated rings. The molecule has 0 aliphatic carbocycles. The molecule has 6 unspecified atom stereocenters.